The van der Waals surface area contributed by atoms with Crippen molar-refractivity contribution in [1.29, 1.82) is 0 Å². The molecule has 2 fully saturated rings. The van der Waals surface area contributed by atoms with E-state index >= 15 is 0 Å². The Morgan fingerprint density at radius 2 is 1.71 bits per heavy atom. The Morgan fingerprint density at radius 1 is 1.00 bits per heavy atom. The number of benzene rings is 1. The number of piperazine rings is 1. The standard InChI is InChI=1S/C18H26N6/c1-22-11-13-23(14-12-22)17(15-7-3-2-4-8-15)18-19-20-21-24(18)16-9-5-6-10-16/h2-4,7-8,16-17H,5-6,9-14H2,1H3/t17-/m1/s1. The molecule has 2 aliphatic rings. The van der Waals surface area contributed by atoms with E-state index in [0.717, 1.165) is 32.0 Å². The molecule has 6 nitrogen and oxygen atoms in total. The minimum Gasteiger partial charge on any atom is -0.304 e. The molecule has 1 aliphatic heterocycles. The number of hydrogen-bond acceptors (Lipinski definition) is 5. The summed E-state index contributed by atoms with van der Waals surface area (Å²) in [5.74, 6) is 1.01. The second-order valence-electron chi connectivity index (χ2n) is 7.07. The van der Waals surface area contributed by atoms with Gasteiger partial charge in [-0.3, -0.25) is 4.90 Å². The van der Waals surface area contributed by atoms with Gasteiger partial charge in [0.05, 0.1) is 12.1 Å². The van der Waals surface area contributed by atoms with Crippen molar-refractivity contribution in [2.24, 2.45) is 0 Å². The normalized spacial score (nSPS) is 22.0. The van der Waals surface area contributed by atoms with E-state index in [1.165, 1.54) is 31.2 Å². The van der Waals surface area contributed by atoms with Crippen LogP contribution >= 0.6 is 0 Å². The molecule has 0 spiro atoms. The summed E-state index contributed by atoms with van der Waals surface area (Å²) in [6.45, 7) is 4.28. The molecular formula is C18H26N6. The molecule has 6 heteroatoms. The lowest BCUT2D eigenvalue weighted by Crippen LogP contribution is -2.46. The number of hydrogen-bond donors (Lipinski definition) is 0. The van der Waals surface area contributed by atoms with Crippen LogP contribution in [0.25, 0.3) is 0 Å². The third-order valence-electron chi connectivity index (χ3n) is 5.45. The van der Waals surface area contributed by atoms with Crippen molar-refractivity contribution in [2.45, 2.75) is 37.8 Å². The van der Waals surface area contributed by atoms with Gasteiger partial charge in [-0.25, -0.2) is 4.68 Å². The van der Waals surface area contributed by atoms with E-state index in [2.05, 4.69) is 67.4 Å². The van der Waals surface area contributed by atoms with Crippen molar-refractivity contribution >= 4 is 0 Å². The fraction of sp³-hybridized carbons (Fsp3) is 0.611. The maximum absolute atomic E-state index is 4.48. The van der Waals surface area contributed by atoms with Crippen molar-refractivity contribution in [3.05, 3.63) is 41.7 Å². The third kappa shape index (κ3) is 3.08. The Balaban J connectivity index is 1.69. The van der Waals surface area contributed by atoms with Gasteiger partial charge in [-0.2, -0.15) is 0 Å². The first-order valence-electron chi connectivity index (χ1n) is 9.08. The van der Waals surface area contributed by atoms with Crippen molar-refractivity contribution in [1.82, 2.24) is 30.0 Å². The summed E-state index contributed by atoms with van der Waals surface area (Å²) in [5.41, 5.74) is 1.29. The van der Waals surface area contributed by atoms with Gasteiger partial charge in [0.15, 0.2) is 5.82 Å². The van der Waals surface area contributed by atoms with Crippen LogP contribution in [-0.2, 0) is 0 Å². The van der Waals surface area contributed by atoms with Gasteiger partial charge in [-0.05, 0) is 35.9 Å². The Kier molecular flexibility index (Phi) is 4.58. The molecular weight excluding hydrogens is 300 g/mol. The molecule has 1 aliphatic carbocycles. The molecule has 0 N–H and O–H groups in total. The van der Waals surface area contributed by atoms with E-state index < -0.39 is 0 Å². The molecule has 0 amide bonds. The van der Waals surface area contributed by atoms with Gasteiger partial charge in [0.25, 0.3) is 0 Å². The van der Waals surface area contributed by atoms with Crippen molar-refractivity contribution in [2.75, 3.05) is 33.2 Å². The van der Waals surface area contributed by atoms with Crippen LogP contribution in [0.2, 0.25) is 0 Å². The van der Waals surface area contributed by atoms with Crippen LogP contribution in [0.4, 0.5) is 0 Å². The first-order valence-corrected chi connectivity index (χ1v) is 9.08. The predicted octanol–water partition coefficient (Wildman–Crippen LogP) is 2.12. The van der Waals surface area contributed by atoms with Crippen molar-refractivity contribution in [3.8, 4) is 0 Å². The van der Waals surface area contributed by atoms with E-state index in [1.54, 1.807) is 0 Å². The Bertz CT molecular complexity index is 641. The van der Waals surface area contributed by atoms with Crippen LogP contribution in [0.15, 0.2) is 30.3 Å². The van der Waals surface area contributed by atoms with Gasteiger partial charge in [-0.15, -0.1) is 5.10 Å². The molecule has 1 aromatic heterocycles. The maximum Gasteiger partial charge on any atom is 0.173 e. The summed E-state index contributed by atoms with van der Waals surface area (Å²) < 4.78 is 2.11. The highest BCUT2D eigenvalue weighted by molar-refractivity contribution is 5.25. The van der Waals surface area contributed by atoms with Gasteiger partial charge >= 0.3 is 0 Å². The monoisotopic (exact) mass is 326 g/mol. The molecule has 2 aromatic rings. The average Bonchev–Trinajstić information content (AvgIpc) is 3.29. The summed E-state index contributed by atoms with van der Waals surface area (Å²) in [6, 6.07) is 11.3. The Labute approximate surface area is 143 Å². The average molecular weight is 326 g/mol. The van der Waals surface area contributed by atoms with E-state index in [9.17, 15) is 0 Å². The lowest BCUT2D eigenvalue weighted by molar-refractivity contribution is 0.120. The van der Waals surface area contributed by atoms with Gasteiger partial charge in [0.2, 0.25) is 0 Å². The smallest absolute Gasteiger partial charge is 0.173 e. The predicted molar refractivity (Wildman–Crippen MR) is 92.7 cm³/mol. The van der Waals surface area contributed by atoms with Crippen LogP contribution in [0.5, 0.6) is 0 Å². The highest BCUT2D eigenvalue weighted by Gasteiger charge is 2.32. The molecule has 128 valence electrons. The van der Waals surface area contributed by atoms with Crippen LogP contribution in [0.3, 0.4) is 0 Å². The zero-order valence-corrected chi connectivity index (χ0v) is 14.4. The molecule has 1 saturated carbocycles. The first-order chi connectivity index (χ1) is 11.8. The van der Waals surface area contributed by atoms with E-state index in [0.29, 0.717) is 6.04 Å². The Morgan fingerprint density at radius 3 is 2.42 bits per heavy atom. The highest BCUT2D eigenvalue weighted by Crippen LogP contribution is 2.34. The number of tetrazole rings is 1. The quantitative estimate of drug-likeness (QED) is 0.861. The molecule has 24 heavy (non-hydrogen) atoms. The molecule has 1 atom stereocenters. The van der Waals surface area contributed by atoms with Crippen LogP contribution in [-0.4, -0.2) is 63.2 Å². The van der Waals surface area contributed by atoms with Crippen LogP contribution in [0, 0.1) is 0 Å². The second kappa shape index (κ2) is 6.99. The summed E-state index contributed by atoms with van der Waals surface area (Å²) in [5, 5.41) is 12.9. The van der Waals surface area contributed by atoms with Gasteiger partial charge in [0.1, 0.15) is 0 Å². The molecule has 1 saturated heterocycles. The summed E-state index contributed by atoms with van der Waals surface area (Å²) in [6.07, 6.45) is 4.97. The first kappa shape index (κ1) is 15.7. The molecule has 0 unspecified atom stereocenters. The fourth-order valence-corrected chi connectivity index (χ4v) is 4.03. The second-order valence-corrected chi connectivity index (χ2v) is 7.07. The number of nitrogens with zero attached hydrogens (tertiary/aromatic N) is 6. The molecule has 0 radical (unpaired) electrons. The topological polar surface area (TPSA) is 50.1 Å². The minimum atomic E-state index is 0.149. The minimum absolute atomic E-state index is 0.149. The highest BCUT2D eigenvalue weighted by atomic mass is 15.6. The van der Waals surface area contributed by atoms with Gasteiger partial charge in [0, 0.05) is 26.2 Å². The Hall–Kier alpha value is -1.79. The SMILES string of the molecule is CN1CCN([C@H](c2ccccc2)c2nnnn2C2CCCC2)CC1. The largest absolute Gasteiger partial charge is 0.304 e. The molecule has 4 rings (SSSR count). The maximum atomic E-state index is 4.48. The number of aromatic nitrogens is 4. The van der Waals surface area contributed by atoms with Crippen LogP contribution < -0.4 is 0 Å². The summed E-state index contributed by atoms with van der Waals surface area (Å²) in [4.78, 5) is 4.92. The summed E-state index contributed by atoms with van der Waals surface area (Å²) >= 11 is 0. The zero-order chi connectivity index (χ0) is 16.4. The molecule has 1 aromatic carbocycles. The third-order valence-corrected chi connectivity index (χ3v) is 5.45. The number of rotatable bonds is 4. The lowest BCUT2D eigenvalue weighted by Gasteiger charge is -2.37. The zero-order valence-electron chi connectivity index (χ0n) is 14.4. The molecule has 0 bridgehead atoms. The molecule has 2 heterocycles. The van der Waals surface area contributed by atoms with Gasteiger partial charge in [-0.1, -0.05) is 43.2 Å². The fourth-order valence-electron chi connectivity index (χ4n) is 4.03. The van der Waals surface area contributed by atoms with E-state index in [4.69, 9.17) is 0 Å². The van der Waals surface area contributed by atoms with E-state index in [1.807, 2.05) is 0 Å². The number of likely N-dealkylation sites (N-methyl/N-ethyl adjacent to an activating group) is 1. The van der Waals surface area contributed by atoms with E-state index in [-0.39, 0.29) is 6.04 Å². The lowest BCUT2D eigenvalue weighted by atomic mass is 10.0. The van der Waals surface area contributed by atoms with Gasteiger partial charge < -0.3 is 4.90 Å². The summed E-state index contributed by atoms with van der Waals surface area (Å²) in [7, 11) is 2.19. The van der Waals surface area contributed by atoms with Crippen LogP contribution in [0.1, 0.15) is 49.2 Å². The van der Waals surface area contributed by atoms with Crippen molar-refractivity contribution < 1.29 is 0 Å². The van der Waals surface area contributed by atoms with Crippen molar-refractivity contribution in [3.63, 3.8) is 0 Å².